The van der Waals surface area contributed by atoms with Gasteiger partial charge in [-0.25, -0.2) is 4.99 Å². The number of rotatable bonds is 8. The van der Waals surface area contributed by atoms with Crippen molar-refractivity contribution in [2.75, 3.05) is 32.8 Å². The van der Waals surface area contributed by atoms with Gasteiger partial charge in [0.1, 0.15) is 17.9 Å². The van der Waals surface area contributed by atoms with Crippen molar-refractivity contribution in [3.63, 3.8) is 0 Å². The van der Waals surface area contributed by atoms with E-state index in [1.165, 1.54) is 0 Å². The predicted molar refractivity (Wildman–Crippen MR) is 115 cm³/mol. The van der Waals surface area contributed by atoms with E-state index in [0.717, 1.165) is 29.4 Å². The van der Waals surface area contributed by atoms with Crippen LogP contribution in [0.4, 0.5) is 5.88 Å². The summed E-state index contributed by atoms with van der Waals surface area (Å²) >= 11 is 0. The van der Waals surface area contributed by atoms with Gasteiger partial charge in [0, 0.05) is 13.1 Å². The van der Waals surface area contributed by atoms with Crippen LogP contribution in [0.25, 0.3) is 0 Å². The molecule has 2 aromatic rings. The number of hydrogen-bond acceptors (Lipinski definition) is 7. The second-order valence-corrected chi connectivity index (χ2v) is 7.01. The summed E-state index contributed by atoms with van der Waals surface area (Å²) in [5, 5.41) is 3.00. The lowest BCUT2D eigenvalue weighted by Crippen LogP contribution is -2.32. The van der Waals surface area contributed by atoms with Gasteiger partial charge in [-0.2, -0.15) is 0 Å². The van der Waals surface area contributed by atoms with Crippen LogP contribution in [0.5, 0.6) is 11.5 Å². The molecule has 0 bridgehead atoms. The molecule has 8 heteroatoms. The Kier molecular flexibility index (Phi) is 5.74. The lowest BCUT2D eigenvalue weighted by molar-refractivity contribution is 0.0952. The monoisotopic (exact) mass is 410 g/mol. The number of furan rings is 1. The van der Waals surface area contributed by atoms with Crippen molar-refractivity contribution in [2.24, 2.45) is 9.98 Å². The maximum absolute atomic E-state index is 12.9. The molecule has 0 atom stereocenters. The number of aryl methyl sites for hydroxylation is 1. The Bertz CT molecular complexity index is 1010. The van der Waals surface area contributed by atoms with Gasteiger partial charge < -0.3 is 24.1 Å². The van der Waals surface area contributed by atoms with E-state index < -0.39 is 0 Å². The summed E-state index contributed by atoms with van der Waals surface area (Å²) < 4.78 is 17.0. The fourth-order valence-corrected chi connectivity index (χ4v) is 3.68. The summed E-state index contributed by atoms with van der Waals surface area (Å²) in [5.41, 5.74) is 2.25. The molecule has 0 aliphatic carbocycles. The molecular formula is C22H26N4O4. The molecule has 30 heavy (non-hydrogen) atoms. The van der Waals surface area contributed by atoms with Crippen LogP contribution in [0.15, 0.2) is 32.6 Å². The highest BCUT2D eigenvalue weighted by molar-refractivity contribution is 6.17. The van der Waals surface area contributed by atoms with E-state index in [-0.39, 0.29) is 5.91 Å². The zero-order valence-corrected chi connectivity index (χ0v) is 17.5. The standard InChI is InChI=1S/C22H26N4O4/c1-4-28-16-7-6-15(12-17(16)29-5-2)8-9-24-21(27)18-14(3)30-22-19(18)20-23-10-11-26(20)13-25-22/h6-7,12-13H,4-5,8-11H2,1-3H3,(H,24,27). The van der Waals surface area contributed by atoms with Crippen molar-refractivity contribution in [3.8, 4) is 11.5 Å². The van der Waals surface area contributed by atoms with Crippen molar-refractivity contribution in [2.45, 2.75) is 27.2 Å². The normalized spacial score (nSPS) is 14.2. The molecule has 0 spiro atoms. The summed E-state index contributed by atoms with van der Waals surface area (Å²) in [4.78, 5) is 23.7. The van der Waals surface area contributed by atoms with Gasteiger partial charge in [-0.15, -0.1) is 0 Å². The van der Waals surface area contributed by atoms with E-state index in [1.807, 2.05) is 36.9 Å². The lowest BCUT2D eigenvalue weighted by Gasteiger charge is -2.18. The van der Waals surface area contributed by atoms with Gasteiger partial charge >= 0.3 is 0 Å². The molecule has 8 nitrogen and oxygen atoms in total. The van der Waals surface area contributed by atoms with E-state index in [4.69, 9.17) is 13.9 Å². The smallest absolute Gasteiger partial charge is 0.255 e. The van der Waals surface area contributed by atoms with Gasteiger partial charge in [0.05, 0.1) is 30.9 Å². The van der Waals surface area contributed by atoms with E-state index in [9.17, 15) is 4.79 Å². The van der Waals surface area contributed by atoms with Crippen LogP contribution in [0.2, 0.25) is 0 Å². The van der Waals surface area contributed by atoms with Crippen LogP contribution in [-0.4, -0.2) is 55.8 Å². The molecule has 3 heterocycles. The number of nitrogens with zero attached hydrogens (tertiary/aromatic N) is 3. The fraction of sp³-hybridized carbons (Fsp3) is 0.409. The zero-order valence-electron chi connectivity index (χ0n) is 17.5. The Hall–Kier alpha value is -3.29. The van der Waals surface area contributed by atoms with E-state index in [0.29, 0.717) is 55.5 Å². The number of carbonyl (C=O) groups excluding carboxylic acids is 1. The van der Waals surface area contributed by atoms with Gasteiger partial charge in [-0.05, 0) is 44.9 Å². The van der Waals surface area contributed by atoms with Gasteiger partial charge in [0.25, 0.3) is 5.91 Å². The zero-order chi connectivity index (χ0) is 21.1. The predicted octanol–water partition coefficient (Wildman–Crippen LogP) is 3.09. The van der Waals surface area contributed by atoms with Gasteiger partial charge in [0.2, 0.25) is 5.88 Å². The second kappa shape index (κ2) is 8.61. The van der Waals surface area contributed by atoms with E-state index in [1.54, 1.807) is 13.3 Å². The highest BCUT2D eigenvalue weighted by Crippen LogP contribution is 2.34. The molecule has 1 aromatic heterocycles. The number of fused-ring (bicyclic) bond motifs is 3. The van der Waals surface area contributed by atoms with Crippen LogP contribution in [0.1, 0.15) is 41.1 Å². The van der Waals surface area contributed by atoms with Crippen molar-refractivity contribution >= 4 is 24.0 Å². The Morgan fingerprint density at radius 2 is 2.03 bits per heavy atom. The van der Waals surface area contributed by atoms with Crippen LogP contribution in [0.3, 0.4) is 0 Å². The molecule has 1 amide bonds. The van der Waals surface area contributed by atoms with Crippen molar-refractivity contribution in [1.29, 1.82) is 0 Å². The average molecular weight is 410 g/mol. The SMILES string of the molecule is CCOc1ccc(CCNC(=O)c2c(C)oc3c2C2=NCCN2C=N3)cc1OCC. The molecule has 0 unspecified atom stereocenters. The summed E-state index contributed by atoms with van der Waals surface area (Å²) in [7, 11) is 0. The molecule has 0 fully saturated rings. The van der Waals surface area contributed by atoms with E-state index >= 15 is 0 Å². The largest absolute Gasteiger partial charge is 0.490 e. The number of benzene rings is 1. The number of amidine groups is 1. The lowest BCUT2D eigenvalue weighted by atomic mass is 10.1. The minimum absolute atomic E-state index is 0.180. The fourth-order valence-electron chi connectivity index (χ4n) is 3.68. The summed E-state index contributed by atoms with van der Waals surface area (Å²) in [6.07, 6.45) is 2.38. The molecule has 4 rings (SSSR count). The molecule has 2 aliphatic rings. The molecule has 1 N–H and O–H groups in total. The number of aliphatic imine (C=N–C) groups is 2. The first-order chi connectivity index (χ1) is 14.6. The van der Waals surface area contributed by atoms with Crippen molar-refractivity contribution < 1.29 is 18.7 Å². The molecule has 158 valence electrons. The number of nitrogens with one attached hydrogen (secondary N) is 1. The maximum Gasteiger partial charge on any atom is 0.255 e. The van der Waals surface area contributed by atoms with Crippen LogP contribution in [-0.2, 0) is 6.42 Å². The summed E-state index contributed by atoms with van der Waals surface area (Å²) in [5.74, 6) is 3.03. The maximum atomic E-state index is 12.9. The molecule has 2 aliphatic heterocycles. The molecule has 1 aromatic carbocycles. The summed E-state index contributed by atoms with van der Waals surface area (Å²) in [6.45, 7) is 8.75. The Balaban J connectivity index is 1.45. The molecular weight excluding hydrogens is 384 g/mol. The highest BCUT2D eigenvalue weighted by Gasteiger charge is 2.33. The van der Waals surface area contributed by atoms with Crippen LogP contribution in [0, 0.1) is 6.92 Å². The van der Waals surface area contributed by atoms with Crippen molar-refractivity contribution in [1.82, 2.24) is 10.2 Å². The molecule has 0 saturated heterocycles. The summed E-state index contributed by atoms with van der Waals surface area (Å²) in [6, 6.07) is 5.86. The third kappa shape index (κ3) is 3.77. The minimum Gasteiger partial charge on any atom is -0.490 e. The third-order valence-corrected chi connectivity index (χ3v) is 5.01. The van der Waals surface area contributed by atoms with Crippen molar-refractivity contribution in [3.05, 3.63) is 40.6 Å². The number of carbonyl (C=O) groups is 1. The second-order valence-electron chi connectivity index (χ2n) is 7.01. The van der Waals surface area contributed by atoms with Crippen LogP contribution < -0.4 is 14.8 Å². The molecule has 0 saturated carbocycles. The Morgan fingerprint density at radius 1 is 1.23 bits per heavy atom. The topological polar surface area (TPSA) is 88.7 Å². The number of ether oxygens (including phenoxy) is 2. The van der Waals surface area contributed by atoms with Gasteiger partial charge in [-0.3, -0.25) is 9.79 Å². The number of hydrogen-bond donors (Lipinski definition) is 1. The Morgan fingerprint density at radius 3 is 2.83 bits per heavy atom. The first-order valence-electron chi connectivity index (χ1n) is 10.3. The van der Waals surface area contributed by atoms with Crippen LogP contribution >= 0.6 is 0 Å². The van der Waals surface area contributed by atoms with Gasteiger partial charge in [0.15, 0.2) is 11.5 Å². The quantitative estimate of drug-likeness (QED) is 0.722. The van der Waals surface area contributed by atoms with Gasteiger partial charge in [-0.1, -0.05) is 6.07 Å². The highest BCUT2D eigenvalue weighted by atomic mass is 16.5. The molecule has 0 radical (unpaired) electrons. The van der Waals surface area contributed by atoms with E-state index in [2.05, 4.69) is 15.3 Å². The first-order valence-corrected chi connectivity index (χ1v) is 10.3. The third-order valence-electron chi connectivity index (χ3n) is 5.01. The Labute approximate surface area is 175 Å². The number of amides is 1. The first kappa shape index (κ1) is 20.0. The minimum atomic E-state index is -0.180. The average Bonchev–Trinajstić information content (AvgIpc) is 3.33.